The second-order valence-electron chi connectivity index (χ2n) is 4.89. The molecule has 0 spiro atoms. The Hall–Kier alpha value is -2.38. The molecule has 21 heavy (non-hydrogen) atoms. The van der Waals surface area contributed by atoms with Gasteiger partial charge in [-0.25, -0.2) is 5.10 Å². The molecule has 5 nitrogen and oxygen atoms in total. The Morgan fingerprint density at radius 1 is 1.29 bits per heavy atom. The van der Waals surface area contributed by atoms with Crippen molar-refractivity contribution in [2.75, 3.05) is 5.32 Å². The predicted octanol–water partition coefficient (Wildman–Crippen LogP) is 2.57. The first-order valence-electron chi connectivity index (χ1n) is 6.28. The highest BCUT2D eigenvalue weighted by atomic mass is 19.4. The maximum Gasteiger partial charge on any atom is 0.416 e. The van der Waals surface area contributed by atoms with Crippen LogP contribution in [0.4, 0.5) is 19.1 Å². The number of carbonyl (C=O) groups excluding carboxylic acids is 1. The molecule has 1 heterocycles. The number of nitrogens with one attached hydrogen (secondary N) is 2. The van der Waals surface area contributed by atoms with Gasteiger partial charge in [0.1, 0.15) is 6.33 Å². The van der Waals surface area contributed by atoms with E-state index in [1.54, 1.807) is 0 Å². The van der Waals surface area contributed by atoms with Gasteiger partial charge in [0.15, 0.2) is 0 Å². The molecule has 1 amide bonds. The lowest BCUT2D eigenvalue weighted by molar-refractivity contribution is -0.137. The van der Waals surface area contributed by atoms with Crippen molar-refractivity contribution in [3.63, 3.8) is 0 Å². The number of carbonyl (C=O) groups is 1. The lowest BCUT2D eigenvalue weighted by Crippen LogP contribution is -2.15. The average molecular weight is 296 g/mol. The number of rotatable bonds is 3. The van der Waals surface area contributed by atoms with Crippen LogP contribution in [0.2, 0.25) is 0 Å². The summed E-state index contributed by atoms with van der Waals surface area (Å²) in [6, 6.07) is 4.93. The minimum atomic E-state index is -4.34. The summed E-state index contributed by atoms with van der Waals surface area (Å²) in [5.41, 5.74) is 0.0512. The molecule has 1 aliphatic rings. The number of H-pyrrole nitrogens is 1. The number of hydrogen-bond acceptors (Lipinski definition) is 3. The molecule has 2 N–H and O–H groups in total. The topological polar surface area (TPSA) is 70.7 Å². The molecule has 0 bridgehead atoms. The van der Waals surface area contributed by atoms with Crippen LogP contribution in [0.15, 0.2) is 30.6 Å². The highest BCUT2D eigenvalue weighted by Crippen LogP contribution is 2.48. The second kappa shape index (κ2) is 4.87. The first-order chi connectivity index (χ1) is 9.95. The normalized spacial score (nSPS) is 21.1. The SMILES string of the molecule is O=C(Nc1ncn[nH]1)[C@H]1C[C@@H]1c1ccc(C(F)(F)F)cc1. The summed E-state index contributed by atoms with van der Waals surface area (Å²) < 4.78 is 37.4. The molecule has 0 radical (unpaired) electrons. The van der Waals surface area contributed by atoms with Crippen molar-refractivity contribution in [1.82, 2.24) is 15.2 Å². The highest BCUT2D eigenvalue weighted by molar-refractivity contribution is 5.93. The number of aromatic amines is 1. The van der Waals surface area contributed by atoms with Gasteiger partial charge in [-0.2, -0.15) is 23.3 Å². The summed E-state index contributed by atoms with van der Waals surface area (Å²) in [7, 11) is 0. The fraction of sp³-hybridized carbons (Fsp3) is 0.308. The van der Waals surface area contributed by atoms with Crippen LogP contribution in [0.25, 0.3) is 0 Å². The molecule has 2 aromatic rings. The molecule has 1 aromatic carbocycles. The largest absolute Gasteiger partial charge is 0.416 e. The molecule has 3 rings (SSSR count). The van der Waals surface area contributed by atoms with Crippen LogP contribution in [0.1, 0.15) is 23.5 Å². The number of benzene rings is 1. The van der Waals surface area contributed by atoms with Crippen LogP contribution in [0, 0.1) is 5.92 Å². The van der Waals surface area contributed by atoms with E-state index in [9.17, 15) is 18.0 Å². The molecule has 1 aliphatic carbocycles. The van der Waals surface area contributed by atoms with Crippen molar-refractivity contribution >= 4 is 11.9 Å². The summed E-state index contributed by atoms with van der Waals surface area (Å²) in [4.78, 5) is 15.7. The van der Waals surface area contributed by atoms with E-state index >= 15 is 0 Å². The molecule has 1 fully saturated rings. The fourth-order valence-corrected chi connectivity index (χ4v) is 2.25. The van der Waals surface area contributed by atoms with E-state index in [0.717, 1.165) is 17.7 Å². The Balaban J connectivity index is 1.63. The van der Waals surface area contributed by atoms with E-state index in [1.165, 1.54) is 18.5 Å². The first-order valence-corrected chi connectivity index (χ1v) is 6.28. The molecule has 0 saturated heterocycles. The first kappa shape index (κ1) is 13.6. The van der Waals surface area contributed by atoms with E-state index in [-0.39, 0.29) is 23.7 Å². The van der Waals surface area contributed by atoms with E-state index in [1.807, 2.05) is 0 Å². The van der Waals surface area contributed by atoms with Crippen molar-refractivity contribution in [1.29, 1.82) is 0 Å². The average Bonchev–Trinajstić information content (AvgIpc) is 3.09. The van der Waals surface area contributed by atoms with Gasteiger partial charge in [-0.1, -0.05) is 12.1 Å². The smallest absolute Gasteiger partial charge is 0.295 e. The zero-order valence-corrected chi connectivity index (χ0v) is 10.7. The molecule has 0 unspecified atom stereocenters. The van der Waals surface area contributed by atoms with Gasteiger partial charge in [0.2, 0.25) is 11.9 Å². The Kier molecular flexibility index (Phi) is 3.15. The summed E-state index contributed by atoms with van der Waals surface area (Å²) in [6.45, 7) is 0. The standard InChI is InChI=1S/C13H11F3N4O/c14-13(15,16)8-3-1-7(2-4-8)9-5-10(9)11(21)19-12-17-6-18-20-12/h1-4,6,9-10H,5H2,(H2,17,18,19,20,21)/t9-,10+/m1/s1. The molecule has 1 aromatic heterocycles. The number of hydrogen-bond donors (Lipinski definition) is 2. The number of amides is 1. The molecule has 110 valence electrons. The summed E-state index contributed by atoms with van der Waals surface area (Å²) >= 11 is 0. The summed E-state index contributed by atoms with van der Waals surface area (Å²) in [5.74, 6) is -0.239. The van der Waals surface area contributed by atoms with Crippen LogP contribution < -0.4 is 5.32 Å². The van der Waals surface area contributed by atoms with E-state index < -0.39 is 11.7 Å². The zero-order valence-electron chi connectivity index (χ0n) is 10.7. The van der Waals surface area contributed by atoms with Crippen LogP contribution >= 0.6 is 0 Å². The highest BCUT2D eigenvalue weighted by Gasteiger charge is 2.44. The van der Waals surface area contributed by atoms with Gasteiger partial charge >= 0.3 is 6.18 Å². The van der Waals surface area contributed by atoms with Crippen molar-refractivity contribution in [3.05, 3.63) is 41.7 Å². The fourth-order valence-electron chi connectivity index (χ4n) is 2.25. The molecular formula is C13H11F3N4O. The molecule has 0 aliphatic heterocycles. The third-order valence-electron chi connectivity index (χ3n) is 3.45. The van der Waals surface area contributed by atoms with Gasteiger partial charge in [-0.15, -0.1) is 0 Å². The number of nitrogens with zero attached hydrogens (tertiary/aromatic N) is 2. The van der Waals surface area contributed by atoms with Crippen molar-refractivity contribution in [2.45, 2.75) is 18.5 Å². The molecule has 1 saturated carbocycles. The minimum Gasteiger partial charge on any atom is -0.295 e. The zero-order chi connectivity index (χ0) is 15.0. The number of aromatic nitrogens is 3. The van der Waals surface area contributed by atoms with Crippen LogP contribution in [-0.4, -0.2) is 21.1 Å². The van der Waals surface area contributed by atoms with Gasteiger partial charge in [-0.05, 0) is 30.0 Å². The molecular weight excluding hydrogens is 285 g/mol. The third kappa shape index (κ3) is 2.88. The number of halogens is 3. The van der Waals surface area contributed by atoms with Crippen LogP contribution in [0.3, 0.4) is 0 Å². The Morgan fingerprint density at radius 2 is 2.00 bits per heavy atom. The molecule has 8 heteroatoms. The van der Waals surface area contributed by atoms with Gasteiger partial charge < -0.3 is 0 Å². The van der Waals surface area contributed by atoms with E-state index in [4.69, 9.17) is 0 Å². The van der Waals surface area contributed by atoms with Gasteiger partial charge in [-0.3, -0.25) is 10.1 Å². The Morgan fingerprint density at radius 3 is 2.57 bits per heavy atom. The van der Waals surface area contributed by atoms with E-state index in [2.05, 4.69) is 20.5 Å². The maximum absolute atomic E-state index is 12.5. The predicted molar refractivity (Wildman–Crippen MR) is 67.3 cm³/mol. The van der Waals surface area contributed by atoms with Gasteiger partial charge in [0, 0.05) is 5.92 Å². The van der Waals surface area contributed by atoms with Crippen molar-refractivity contribution in [3.8, 4) is 0 Å². The number of anilines is 1. The molecule has 2 atom stereocenters. The summed E-state index contributed by atoms with van der Waals surface area (Å²) in [6.07, 6.45) is -2.45. The Bertz CT molecular complexity index is 636. The Labute approximate surface area is 117 Å². The van der Waals surface area contributed by atoms with Crippen LogP contribution in [-0.2, 0) is 11.0 Å². The van der Waals surface area contributed by atoms with Crippen LogP contribution in [0.5, 0.6) is 0 Å². The quantitative estimate of drug-likeness (QED) is 0.914. The third-order valence-corrected chi connectivity index (χ3v) is 3.45. The second-order valence-corrected chi connectivity index (χ2v) is 4.89. The van der Waals surface area contributed by atoms with E-state index in [0.29, 0.717) is 6.42 Å². The lowest BCUT2D eigenvalue weighted by atomic mass is 10.1. The monoisotopic (exact) mass is 296 g/mol. The van der Waals surface area contributed by atoms with Gasteiger partial charge in [0.25, 0.3) is 0 Å². The minimum absolute atomic E-state index is 0.0461. The lowest BCUT2D eigenvalue weighted by Gasteiger charge is -2.07. The van der Waals surface area contributed by atoms with Crippen molar-refractivity contribution < 1.29 is 18.0 Å². The number of alkyl halides is 3. The van der Waals surface area contributed by atoms with Gasteiger partial charge in [0.05, 0.1) is 5.56 Å². The maximum atomic E-state index is 12.5. The summed E-state index contributed by atoms with van der Waals surface area (Å²) in [5, 5.41) is 8.69. The van der Waals surface area contributed by atoms with Crippen molar-refractivity contribution in [2.24, 2.45) is 5.92 Å².